The number of carbonyl (C=O) groups is 1. The van der Waals surface area contributed by atoms with Crippen LogP contribution >= 0.6 is 0 Å². The maximum Gasteiger partial charge on any atom is 0.248 e. The highest BCUT2D eigenvalue weighted by Gasteiger charge is 2.36. The van der Waals surface area contributed by atoms with E-state index in [1.807, 2.05) is 24.3 Å². The summed E-state index contributed by atoms with van der Waals surface area (Å²) < 4.78 is 44.2. The Balaban J connectivity index is 1.47. The number of hydrogen-bond acceptors (Lipinski definition) is 7. The predicted molar refractivity (Wildman–Crippen MR) is 125 cm³/mol. The second kappa shape index (κ2) is 10.3. The van der Waals surface area contributed by atoms with Crippen LogP contribution in [0.1, 0.15) is 35.6 Å². The first-order valence-corrected chi connectivity index (χ1v) is 12.4. The van der Waals surface area contributed by atoms with Crippen LogP contribution in [-0.4, -0.2) is 44.0 Å². The van der Waals surface area contributed by atoms with Gasteiger partial charge in [0.1, 0.15) is 17.2 Å². The van der Waals surface area contributed by atoms with Crippen LogP contribution in [0.5, 0.6) is 5.75 Å². The molecule has 1 amide bonds. The summed E-state index contributed by atoms with van der Waals surface area (Å²) in [6, 6.07) is 10.9. The fraction of sp³-hybridized carbons (Fsp3) is 0.333. The lowest BCUT2D eigenvalue weighted by atomic mass is 9.98. The number of rotatable bonds is 8. The highest BCUT2D eigenvalue weighted by molar-refractivity contribution is 7.89. The van der Waals surface area contributed by atoms with E-state index in [1.165, 1.54) is 16.6 Å². The lowest BCUT2D eigenvalue weighted by Gasteiger charge is -2.31. The number of furan rings is 1. The molecule has 0 saturated carbocycles. The fourth-order valence-electron chi connectivity index (χ4n) is 4.02. The number of amides is 1. The highest BCUT2D eigenvalue weighted by Crippen LogP contribution is 2.29. The minimum Gasteiger partial charge on any atom is -0.496 e. The molecule has 180 valence electrons. The summed E-state index contributed by atoms with van der Waals surface area (Å²) in [7, 11) is -2.34. The average Bonchev–Trinajstić information content (AvgIpc) is 3.51. The number of nitrogens with one attached hydrogen (secondary N) is 1. The number of aromatic nitrogens is 1. The first-order valence-electron chi connectivity index (χ1n) is 11.0. The molecule has 0 radical (unpaired) electrons. The van der Waals surface area contributed by atoms with E-state index in [-0.39, 0.29) is 28.8 Å². The second-order valence-corrected chi connectivity index (χ2v) is 9.92. The van der Waals surface area contributed by atoms with Crippen LogP contribution < -0.4 is 10.1 Å². The molecule has 0 aliphatic carbocycles. The van der Waals surface area contributed by atoms with Crippen molar-refractivity contribution in [2.45, 2.75) is 31.2 Å². The number of nitrogens with zero attached hydrogens (tertiary/aromatic N) is 2. The molecule has 0 spiro atoms. The molecule has 3 aromatic rings. The minimum atomic E-state index is -3.92. The number of benzene rings is 1. The van der Waals surface area contributed by atoms with Crippen LogP contribution in [0.4, 0.5) is 0 Å². The molecule has 1 fully saturated rings. The summed E-state index contributed by atoms with van der Waals surface area (Å²) in [5.74, 6) is 0.721. The van der Waals surface area contributed by atoms with E-state index in [9.17, 15) is 13.2 Å². The zero-order valence-corrected chi connectivity index (χ0v) is 19.9. The van der Waals surface area contributed by atoms with Gasteiger partial charge in [-0.2, -0.15) is 4.31 Å². The molecule has 1 aliphatic rings. The summed E-state index contributed by atoms with van der Waals surface area (Å²) in [6.45, 7) is 2.30. The summed E-state index contributed by atoms with van der Waals surface area (Å²) in [6.07, 6.45) is 5.84. The molecule has 1 atom stereocenters. The summed E-state index contributed by atoms with van der Waals surface area (Å²) in [5, 5.41) is 6.77. The molecule has 0 bridgehead atoms. The SMILES string of the molecule is COc1ccccc1CNC(=O)C1CCCN(S(=O)(=O)c2c(C)noc2C=Cc2ccco2)C1. The first kappa shape index (κ1) is 23.8. The molecule has 1 N–H and O–H groups in total. The van der Waals surface area contributed by atoms with Gasteiger partial charge >= 0.3 is 0 Å². The number of piperidine rings is 1. The maximum atomic E-state index is 13.5. The van der Waals surface area contributed by atoms with Crippen molar-refractivity contribution >= 4 is 28.1 Å². The standard InChI is InChI=1S/C24H27N3O6S/c1-17-23(22(33-26-17)12-11-20-9-6-14-32-20)34(29,30)27-13-5-8-19(16-27)24(28)25-15-18-7-3-4-10-21(18)31-2/h3-4,6-7,9-12,14,19H,5,8,13,15-16H2,1-2H3,(H,25,28). The lowest BCUT2D eigenvalue weighted by molar-refractivity contribution is -0.126. The van der Waals surface area contributed by atoms with Crippen molar-refractivity contribution in [3.63, 3.8) is 0 Å². The topological polar surface area (TPSA) is 115 Å². The molecular weight excluding hydrogens is 458 g/mol. The Kier molecular flexibility index (Phi) is 7.18. The van der Waals surface area contributed by atoms with Crippen molar-refractivity contribution in [3.8, 4) is 5.75 Å². The van der Waals surface area contributed by atoms with E-state index in [2.05, 4.69) is 10.5 Å². The zero-order valence-electron chi connectivity index (χ0n) is 19.1. The Labute approximate surface area is 198 Å². The molecule has 9 nitrogen and oxygen atoms in total. The monoisotopic (exact) mass is 485 g/mol. The van der Waals surface area contributed by atoms with E-state index in [1.54, 1.807) is 32.2 Å². The van der Waals surface area contributed by atoms with Gasteiger partial charge in [0.25, 0.3) is 0 Å². The average molecular weight is 486 g/mol. The minimum absolute atomic E-state index is 0.00499. The van der Waals surface area contributed by atoms with E-state index in [0.717, 1.165) is 5.56 Å². The maximum absolute atomic E-state index is 13.5. The summed E-state index contributed by atoms with van der Waals surface area (Å²) >= 11 is 0. The smallest absolute Gasteiger partial charge is 0.248 e. The van der Waals surface area contributed by atoms with Crippen molar-refractivity contribution in [2.24, 2.45) is 5.92 Å². The quantitative estimate of drug-likeness (QED) is 0.519. The number of hydrogen-bond donors (Lipinski definition) is 1. The van der Waals surface area contributed by atoms with Crippen LogP contribution in [-0.2, 0) is 21.4 Å². The van der Waals surface area contributed by atoms with Gasteiger partial charge in [-0.25, -0.2) is 8.42 Å². The summed E-state index contributed by atoms with van der Waals surface area (Å²) in [5.41, 5.74) is 1.12. The van der Waals surface area contributed by atoms with E-state index >= 15 is 0 Å². The molecule has 2 aromatic heterocycles. The van der Waals surface area contributed by atoms with Crippen molar-refractivity contribution in [2.75, 3.05) is 20.2 Å². The first-order chi connectivity index (χ1) is 16.4. The van der Waals surface area contributed by atoms with Gasteiger partial charge in [-0.05, 0) is 50.1 Å². The summed E-state index contributed by atoms with van der Waals surface area (Å²) in [4.78, 5) is 12.9. The largest absolute Gasteiger partial charge is 0.496 e. The van der Waals surface area contributed by atoms with E-state index in [4.69, 9.17) is 13.7 Å². The van der Waals surface area contributed by atoms with Crippen LogP contribution in [0.3, 0.4) is 0 Å². The third kappa shape index (κ3) is 5.07. The Morgan fingerprint density at radius 1 is 1.26 bits per heavy atom. The van der Waals surface area contributed by atoms with Gasteiger partial charge in [0.15, 0.2) is 10.7 Å². The number of methoxy groups -OCH3 is 1. The van der Waals surface area contributed by atoms with Gasteiger partial charge in [-0.15, -0.1) is 0 Å². The molecule has 1 unspecified atom stereocenters. The number of para-hydroxylation sites is 1. The van der Waals surface area contributed by atoms with Gasteiger partial charge in [0.05, 0.1) is 19.3 Å². The number of aryl methyl sites for hydroxylation is 1. The van der Waals surface area contributed by atoms with Crippen molar-refractivity contribution in [3.05, 3.63) is 65.4 Å². The molecule has 1 aromatic carbocycles. The molecular formula is C24H27N3O6S. The molecule has 1 saturated heterocycles. The van der Waals surface area contributed by atoms with Gasteiger partial charge in [-0.3, -0.25) is 4.79 Å². The van der Waals surface area contributed by atoms with Gasteiger partial charge in [-0.1, -0.05) is 23.4 Å². The van der Waals surface area contributed by atoms with Crippen molar-refractivity contribution in [1.29, 1.82) is 0 Å². The van der Waals surface area contributed by atoms with Gasteiger partial charge in [0, 0.05) is 25.2 Å². The van der Waals surface area contributed by atoms with Crippen molar-refractivity contribution in [1.82, 2.24) is 14.8 Å². The van der Waals surface area contributed by atoms with Crippen LogP contribution in [0.15, 0.2) is 56.5 Å². The zero-order chi connectivity index (χ0) is 24.1. The second-order valence-electron chi connectivity index (χ2n) is 8.04. The lowest BCUT2D eigenvalue weighted by Crippen LogP contribution is -2.45. The van der Waals surface area contributed by atoms with Crippen molar-refractivity contribution < 1.29 is 26.9 Å². The third-order valence-electron chi connectivity index (χ3n) is 5.77. The van der Waals surface area contributed by atoms with Gasteiger partial charge < -0.3 is 19.0 Å². The molecule has 4 rings (SSSR count). The van der Waals surface area contributed by atoms with Crippen LogP contribution in [0.25, 0.3) is 12.2 Å². The third-order valence-corrected chi connectivity index (χ3v) is 7.80. The van der Waals surface area contributed by atoms with Gasteiger partial charge in [0.2, 0.25) is 15.9 Å². The van der Waals surface area contributed by atoms with Crippen LogP contribution in [0.2, 0.25) is 0 Å². The Morgan fingerprint density at radius 2 is 2.09 bits per heavy atom. The number of sulfonamides is 1. The molecule has 1 aliphatic heterocycles. The Morgan fingerprint density at radius 3 is 2.85 bits per heavy atom. The Hall–Kier alpha value is -3.37. The number of carbonyl (C=O) groups excluding carboxylic acids is 1. The van der Waals surface area contributed by atoms with E-state index in [0.29, 0.717) is 37.4 Å². The molecule has 3 heterocycles. The van der Waals surface area contributed by atoms with E-state index < -0.39 is 15.9 Å². The normalized spacial score (nSPS) is 17.2. The number of ether oxygens (including phenoxy) is 1. The highest BCUT2D eigenvalue weighted by atomic mass is 32.2. The molecule has 34 heavy (non-hydrogen) atoms. The predicted octanol–water partition coefficient (Wildman–Crippen LogP) is 3.47. The fourth-order valence-corrected chi connectivity index (χ4v) is 5.80. The Bertz CT molecular complexity index is 1260. The van der Waals surface area contributed by atoms with Crippen LogP contribution in [0, 0.1) is 12.8 Å². The molecule has 10 heteroatoms.